The summed E-state index contributed by atoms with van der Waals surface area (Å²) in [7, 11) is 0. The number of nitrogens with two attached hydrogens (primary N) is 1. The van der Waals surface area contributed by atoms with E-state index in [1.165, 1.54) is 48.3 Å². The molecule has 1 fully saturated rings. The number of rotatable bonds is 4. The number of nitriles is 1. The van der Waals surface area contributed by atoms with Gasteiger partial charge in [-0.25, -0.2) is 8.78 Å². The fourth-order valence-electron chi connectivity index (χ4n) is 4.17. The van der Waals surface area contributed by atoms with Gasteiger partial charge in [0.2, 0.25) is 5.91 Å². The number of aliphatic imine (C=N–C) groups is 1. The lowest BCUT2D eigenvalue weighted by Gasteiger charge is -2.35. The van der Waals surface area contributed by atoms with Gasteiger partial charge in [0.25, 0.3) is 0 Å². The number of hydrogen-bond donors (Lipinski definition) is 1. The van der Waals surface area contributed by atoms with Crippen LogP contribution in [-0.2, 0) is 10.3 Å². The second-order valence-electron chi connectivity index (χ2n) is 8.80. The second-order valence-corrected chi connectivity index (χ2v) is 10.0. The van der Waals surface area contributed by atoms with E-state index in [-0.39, 0.29) is 33.5 Å². The van der Waals surface area contributed by atoms with E-state index in [1.807, 2.05) is 17.9 Å². The topological polar surface area (TPSA) is 95.4 Å². The first-order chi connectivity index (χ1) is 16.2. The summed E-state index contributed by atoms with van der Waals surface area (Å²) in [4.78, 5) is 23.2. The molecule has 1 aromatic carbocycles. The second kappa shape index (κ2) is 9.55. The predicted octanol–water partition coefficient (Wildman–Crippen LogP) is 4.46. The number of likely N-dealkylation sites (tertiary alicyclic amines) is 1. The Bertz CT molecular complexity index is 1200. The maximum Gasteiger partial charge on any atom is 0.236 e. The third-order valence-corrected chi connectivity index (χ3v) is 7.55. The van der Waals surface area contributed by atoms with Gasteiger partial charge >= 0.3 is 0 Å². The van der Waals surface area contributed by atoms with Crippen molar-refractivity contribution in [1.29, 1.82) is 5.26 Å². The zero-order chi connectivity index (χ0) is 24.5. The Morgan fingerprint density at radius 2 is 2.12 bits per heavy atom. The Hall–Kier alpha value is -3.25. The maximum atomic E-state index is 15.1. The van der Waals surface area contributed by atoms with Crippen LogP contribution in [0.3, 0.4) is 0 Å². The van der Waals surface area contributed by atoms with Crippen LogP contribution in [-0.4, -0.2) is 39.3 Å². The number of aromatic nitrogens is 1. The van der Waals surface area contributed by atoms with E-state index >= 15 is 4.39 Å². The number of benzene rings is 1. The van der Waals surface area contributed by atoms with Crippen molar-refractivity contribution in [2.45, 2.75) is 37.5 Å². The van der Waals surface area contributed by atoms with E-state index in [1.54, 1.807) is 13.0 Å². The molecule has 2 N–H and O–H groups in total. The monoisotopic (exact) mass is 481 g/mol. The lowest BCUT2D eigenvalue weighted by Crippen LogP contribution is -2.47. The Morgan fingerprint density at radius 1 is 1.35 bits per heavy atom. The molecule has 0 bridgehead atoms. The summed E-state index contributed by atoms with van der Waals surface area (Å²) in [5.41, 5.74) is 6.28. The van der Waals surface area contributed by atoms with Gasteiger partial charge in [0.15, 0.2) is 5.17 Å². The quantitative estimate of drug-likeness (QED) is 0.696. The average Bonchev–Trinajstić information content (AvgIpc) is 2.89. The van der Waals surface area contributed by atoms with E-state index in [4.69, 9.17) is 11.0 Å². The highest BCUT2D eigenvalue weighted by Gasteiger charge is 2.42. The standard InChI is InChI=1S/C25H25F2N5OS/c1-15-10-22(23(33)32-8-3-9-32)34-24(29)31-25(15,2)18-11-16(4-6-19(18)26)12-20(27)21-7-5-17(13-28)14-30-21/h4-7,11-12,14-15,22H,3,8-10H2,1-2H3,(H2,29,31)/b20-12-/t15?,22-,25+/m1/s1. The number of carbonyl (C=O) groups excluding carboxylic acids is 1. The number of thioether (sulfide) groups is 1. The van der Waals surface area contributed by atoms with Crippen LogP contribution < -0.4 is 5.73 Å². The smallest absolute Gasteiger partial charge is 0.236 e. The number of amides is 1. The van der Waals surface area contributed by atoms with Gasteiger partial charge in [-0.2, -0.15) is 5.26 Å². The van der Waals surface area contributed by atoms with E-state index in [0.29, 0.717) is 17.5 Å². The number of carbonyl (C=O) groups is 1. The molecule has 176 valence electrons. The van der Waals surface area contributed by atoms with E-state index in [2.05, 4.69) is 9.98 Å². The average molecular weight is 482 g/mol. The van der Waals surface area contributed by atoms with Crippen LogP contribution >= 0.6 is 11.8 Å². The molecule has 9 heteroatoms. The van der Waals surface area contributed by atoms with Crippen LogP contribution in [0.2, 0.25) is 0 Å². The predicted molar refractivity (Wildman–Crippen MR) is 130 cm³/mol. The minimum atomic E-state index is -1.03. The van der Waals surface area contributed by atoms with Crippen LogP contribution in [0.15, 0.2) is 41.5 Å². The van der Waals surface area contributed by atoms with Gasteiger partial charge < -0.3 is 10.6 Å². The summed E-state index contributed by atoms with van der Waals surface area (Å²) in [6, 6.07) is 9.16. The van der Waals surface area contributed by atoms with Crippen LogP contribution in [0.4, 0.5) is 8.78 Å². The molecule has 2 aliphatic rings. The molecule has 1 aromatic heterocycles. The molecule has 4 rings (SSSR count). The van der Waals surface area contributed by atoms with Crippen molar-refractivity contribution < 1.29 is 13.6 Å². The first-order valence-electron chi connectivity index (χ1n) is 11.1. The highest BCUT2D eigenvalue weighted by molar-refractivity contribution is 8.14. The van der Waals surface area contributed by atoms with E-state index in [9.17, 15) is 9.18 Å². The SMILES string of the molecule is CC1C[C@H](C(=O)N2CCC2)SC(N)=N[C@]1(C)c1cc(/C=C(\F)c2ccc(C#N)cn2)ccc1F. The number of amidine groups is 1. The third kappa shape index (κ3) is 4.68. The molecule has 0 aliphatic carbocycles. The van der Waals surface area contributed by atoms with Gasteiger partial charge in [-0.15, -0.1) is 0 Å². The minimum absolute atomic E-state index is 0.0413. The molecule has 6 nitrogen and oxygen atoms in total. The molecule has 0 saturated carbocycles. The number of halogens is 2. The Morgan fingerprint density at radius 3 is 2.74 bits per heavy atom. The first kappa shape index (κ1) is 23.9. The Balaban J connectivity index is 1.65. The molecule has 0 spiro atoms. The Labute approximate surface area is 201 Å². The lowest BCUT2D eigenvalue weighted by molar-refractivity contribution is -0.134. The normalized spacial score (nSPS) is 25.1. The summed E-state index contributed by atoms with van der Waals surface area (Å²) in [5.74, 6) is -1.24. The lowest BCUT2D eigenvalue weighted by atomic mass is 9.77. The molecule has 1 saturated heterocycles. The molecule has 1 unspecified atom stereocenters. The fourth-order valence-corrected chi connectivity index (χ4v) is 5.34. The van der Waals surface area contributed by atoms with E-state index < -0.39 is 17.2 Å². The highest BCUT2D eigenvalue weighted by Crippen LogP contribution is 2.43. The van der Waals surface area contributed by atoms with Crippen LogP contribution in [0.25, 0.3) is 11.9 Å². The van der Waals surface area contributed by atoms with Crippen molar-refractivity contribution in [1.82, 2.24) is 9.88 Å². The van der Waals surface area contributed by atoms with Crippen molar-refractivity contribution in [2.24, 2.45) is 16.6 Å². The summed E-state index contributed by atoms with van der Waals surface area (Å²) in [6.45, 7) is 5.23. The van der Waals surface area contributed by atoms with Crippen molar-refractivity contribution >= 4 is 34.7 Å². The molecule has 34 heavy (non-hydrogen) atoms. The third-order valence-electron chi connectivity index (χ3n) is 6.54. The van der Waals surface area contributed by atoms with E-state index in [0.717, 1.165) is 19.5 Å². The number of pyridine rings is 1. The van der Waals surface area contributed by atoms with Crippen molar-refractivity contribution in [3.8, 4) is 6.07 Å². The van der Waals surface area contributed by atoms with Gasteiger partial charge in [0.1, 0.15) is 17.7 Å². The summed E-state index contributed by atoms with van der Waals surface area (Å²) < 4.78 is 29.9. The molecular formula is C25H25F2N5OS. The van der Waals surface area contributed by atoms with Crippen molar-refractivity contribution in [2.75, 3.05) is 13.1 Å². The van der Waals surface area contributed by atoms with Crippen LogP contribution in [0.1, 0.15) is 49.1 Å². The fraction of sp³-hybridized carbons (Fsp3) is 0.360. The summed E-state index contributed by atoms with van der Waals surface area (Å²) in [6.07, 6.45) is 4.05. The Kier molecular flexibility index (Phi) is 6.71. The van der Waals surface area contributed by atoms with Crippen molar-refractivity contribution in [3.63, 3.8) is 0 Å². The molecule has 0 radical (unpaired) electrons. The van der Waals surface area contributed by atoms with Gasteiger partial charge in [0.05, 0.1) is 22.0 Å². The minimum Gasteiger partial charge on any atom is -0.378 e. The van der Waals surface area contributed by atoms with Crippen LogP contribution in [0.5, 0.6) is 0 Å². The number of hydrogen-bond acceptors (Lipinski definition) is 6. The number of nitrogens with zero attached hydrogens (tertiary/aromatic N) is 4. The summed E-state index contributed by atoms with van der Waals surface area (Å²) >= 11 is 1.23. The van der Waals surface area contributed by atoms with Gasteiger partial charge in [-0.1, -0.05) is 24.8 Å². The van der Waals surface area contributed by atoms with Gasteiger partial charge in [0, 0.05) is 24.8 Å². The summed E-state index contributed by atoms with van der Waals surface area (Å²) in [5, 5.41) is 8.75. The van der Waals surface area contributed by atoms with Crippen molar-refractivity contribution in [3.05, 3.63) is 64.7 Å². The zero-order valence-corrected chi connectivity index (χ0v) is 19.8. The van der Waals surface area contributed by atoms with Crippen LogP contribution in [0, 0.1) is 23.1 Å². The highest BCUT2D eigenvalue weighted by atomic mass is 32.2. The molecule has 3 atom stereocenters. The largest absolute Gasteiger partial charge is 0.378 e. The molecule has 2 aliphatic heterocycles. The maximum absolute atomic E-state index is 15.1. The zero-order valence-electron chi connectivity index (χ0n) is 19.0. The molecule has 2 aromatic rings. The molecular weight excluding hydrogens is 456 g/mol. The van der Waals surface area contributed by atoms with Gasteiger partial charge in [-0.3, -0.25) is 14.8 Å². The molecule has 3 heterocycles. The molecule has 1 amide bonds. The van der Waals surface area contributed by atoms with Gasteiger partial charge in [-0.05, 0) is 61.6 Å². The first-order valence-corrected chi connectivity index (χ1v) is 11.9.